The minimum Gasteiger partial charge on any atom is -0.748 e. The maximum Gasteiger partial charge on any atom is 1.00 e. The van der Waals surface area contributed by atoms with Gasteiger partial charge in [0.05, 0.1) is 36.8 Å². The van der Waals surface area contributed by atoms with Gasteiger partial charge in [-0.25, -0.2) is 8.42 Å². The van der Waals surface area contributed by atoms with Crippen LogP contribution in [0.3, 0.4) is 0 Å². The van der Waals surface area contributed by atoms with Gasteiger partial charge >= 0.3 is 29.6 Å². The van der Waals surface area contributed by atoms with Gasteiger partial charge in [0.25, 0.3) is 0 Å². The molecule has 1 rings (SSSR count). The number of nitrogens with zero attached hydrogens (tertiary/aromatic N) is 1. The number of hydrogen-bond donors (Lipinski definition) is 0. The molecule has 0 atom stereocenters. The zero-order chi connectivity index (χ0) is 9.95. The van der Waals surface area contributed by atoms with Crippen LogP contribution in [0.5, 0.6) is 0 Å². The predicted molar refractivity (Wildman–Crippen MR) is 49.2 cm³/mol. The molecule has 0 spiro atoms. The molecular weight excluding hydrogens is 213 g/mol. The molecule has 4 nitrogen and oxygen atoms in total. The quantitative estimate of drug-likeness (QED) is 0.297. The molecule has 0 saturated carbocycles. The van der Waals surface area contributed by atoms with Gasteiger partial charge in [-0.05, 0) is 0 Å². The summed E-state index contributed by atoms with van der Waals surface area (Å²) in [6.45, 7) is 3.07. The summed E-state index contributed by atoms with van der Waals surface area (Å²) in [5.74, 6) is -0.208. The maximum absolute atomic E-state index is 10.3. The van der Waals surface area contributed by atoms with Crippen molar-refractivity contribution in [2.45, 2.75) is 19.3 Å². The third-order valence-corrected chi connectivity index (χ3v) is 3.53. The van der Waals surface area contributed by atoms with E-state index in [1.165, 1.54) is 12.8 Å². The molecule has 0 amide bonds. The average molecular weight is 230 g/mol. The van der Waals surface area contributed by atoms with Crippen molar-refractivity contribution in [2.24, 2.45) is 0 Å². The van der Waals surface area contributed by atoms with Gasteiger partial charge < -0.3 is 9.04 Å². The second kappa shape index (κ2) is 5.82. The van der Waals surface area contributed by atoms with Gasteiger partial charge in [-0.3, -0.25) is 0 Å². The Morgan fingerprint density at radius 3 is 2.21 bits per heavy atom. The van der Waals surface area contributed by atoms with E-state index in [9.17, 15) is 13.0 Å². The minimum atomic E-state index is -4.00. The average Bonchev–Trinajstić information content (AvgIpc) is 2.33. The van der Waals surface area contributed by atoms with E-state index < -0.39 is 10.1 Å². The third-order valence-electron chi connectivity index (χ3n) is 2.74. The second-order valence-corrected chi connectivity index (χ2v) is 5.64. The first-order valence-corrected chi connectivity index (χ1v) is 6.26. The summed E-state index contributed by atoms with van der Waals surface area (Å²) >= 11 is 0. The van der Waals surface area contributed by atoms with Crippen molar-refractivity contribution < 1.29 is 47.0 Å². The third kappa shape index (κ3) is 5.68. The first kappa shape index (κ1) is 14.9. The Labute approximate surface area is 108 Å². The molecule has 1 aliphatic rings. The number of rotatable bonds is 4. The minimum absolute atomic E-state index is 0. The van der Waals surface area contributed by atoms with Crippen LogP contribution in [0.1, 0.15) is 19.3 Å². The Morgan fingerprint density at radius 2 is 1.79 bits per heavy atom. The maximum atomic E-state index is 10.3. The van der Waals surface area contributed by atoms with Gasteiger partial charge in [0.15, 0.2) is 0 Å². The van der Waals surface area contributed by atoms with E-state index in [1.54, 1.807) is 0 Å². The molecule has 14 heavy (non-hydrogen) atoms. The molecule has 0 unspecified atom stereocenters. The van der Waals surface area contributed by atoms with Gasteiger partial charge in [-0.15, -0.1) is 0 Å². The summed E-state index contributed by atoms with van der Waals surface area (Å²) in [5.41, 5.74) is 0. The van der Waals surface area contributed by atoms with Gasteiger partial charge in [0, 0.05) is 25.0 Å². The van der Waals surface area contributed by atoms with Crippen LogP contribution in [0.25, 0.3) is 0 Å². The zero-order valence-electron chi connectivity index (χ0n) is 9.03. The number of likely N-dealkylation sites (tertiary alicyclic amines) is 1. The van der Waals surface area contributed by atoms with Crippen LogP contribution >= 0.6 is 0 Å². The molecule has 78 valence electrons. The van der Waals surface area contributed by atoms with Crippen molar-refractivity contribution in [3.8, 4) is 0 Å². The SMILES string of the molecule is C[N+]1(CCCS(=O)(=O)[O-])CCCC1.[Na+]. The Kier molecular flexibility index (Phi) is 6.18. The van der Waals surface area contributed by atoms with Crippen molar-refractivity contribution in [3.63, 3.8) is 0 Å². The van der Waals surface area contributed by atoms with E-state index in [1.807, 2.05) is 0 Å². The standard InChI is InChI=1S/C8H17NO3S.Na/c1-9(5-2-3-6-9)7-4-8-13(10,11)12;/h2-8H2,1H3;/q;+1. The fraction of sp³-hybridized carbons (Fsp3) is 1.00. The first-order chi connectivity index (χ1) is 5.91. The fourth-order valence-corrected chi connectivity index (χ4v) is 2.43. The van der Waals surface area contributed by atoms with E-state index in [-0.39, 0.29) is 35.3 Å². The molecule has 1 aliphatic heterocycles. The van der Waals surface area contributed by atoms with E-state index in [0.717, 1.165) is 24.1 Å². The Bertz CT molecular complexity index is 260. The molecule has 0 aromatic rings. The normalized spacial score (nSPS) is 20.4. The molecule has 1 saturated heterocycles. The van der Waals surface area contributed by atoms with Crippen LogP contribution in [0.4, 0.5) is 0 Å². The molecule has 0 aromatic heterocycles. The first-order valence-electron chi connectivity index (χ1n) is 4.68. The zero-order valence-corrected chi connectivity index (χ0v) is 11.8. The Morgan fingerprint density at radius 1 is 1.29 bits per heavy atom. The predicted octanol–water partition coefficient (Wildman–Crippen LogP) is -2.83. The van der Waals surface area contributed by atoms with E-state index in [2.05, 4.69) is 7.05 Å². The van der Waals surface area contributed by atoms with Gasteiger partial charge in [0.2, 0.25) is 0 Å². The molecular formula is C8H17NNaO3S+. The molecule has 0 radical (unpaired) electrons. The van der Waals surface area contributed by atoms with Gasteiger partial charge in [-0.1, -0.05) is 0 Å². The van der Waals surface area contributed by atoms with Gasteiger partial charge in [-0.2, -0.15) is 0 Å². The molecule has 1 heterocycles. The summed E-state index contributed by atoms with van der Waals surface area (Å²) in [6, 6.07) is 0. The summed E-state index contributed by atoms with van der Waals surface area (Å²) in [4.78, 5) is 0. The molecule has 6 heteroatoms. The summed E-state index contributed by atoms with van der Waals surface area (Å²) < 4.78 is 32.0. The molecule has 0 aromatic carbocycles. The van der Waals surface area contributed by atoms with Crippen molar-refractivity contribution >= 4 is 10.1 Å². The molecule has 0 aliphatic carbocycles. The van der Waals surface area contributed by atoms with E-state index >= 15 is 0 Å². The Hall–Kier alpha value is 0.870. The van der Waals surface area contributed by atoms with Crippen molar-refractivity contribution in [1.29, 1.82) is 0 Å². The largest absolute Gasteiger partial charge is 1.00 e. The van der Waals surface area contributed by atoms with Crippen LogP contribution in [0, 0.1) is 0 Å². The van der Waals surface area contributed by atoms with Crippen LogP contribution in [-0.4, -0.2) is 49.9 Å². The van der Waals surface area contributed by atoms with Crippen molar-refractivity contribution in [3.05, 3.63) is 0 Å². The summed E-state index contributed by atoms with van der Waals surface area (Å²) in [7, 11) is -1.87. The fourth-order valence-electron chi connectivity index (χ4n) is 1.95. The number of hydrogen-bond acceptors (Lipinski definition) is 3. The van der Waals surface area contributed by atoms with Crippen LogP contribution in [0.15, 0.2) is 0 Å². The van der Waals surface area contributed by atoms with Crippen LogP contribution < -0.4 is 29.6 Å². The number of quaternary nitrogens is 1. The molecule has 0 bridgehead atoms. The van der Waals surface area contributed by atoms with Crippen molar-refractivity contribution in [2.75, 3.05) is 32.4 Å². The molecule has 0 N–H and O–H groups in total. The van der Waals surface area contributed by atoms with Crippen LogP contribution in [0.2, 0.25) is 0 Å². The van der Waals surface area contributed by atoms with Crippen molar-refractivity contribution in [1.82, 2.24) is 0 Å². The van der Waals surface area contributed by atoms with Crippen LogP contribution in [-0.2, 0) is 10.1 Å². The van der Waals surface area contributed by atoms with E-state index in [4.69, 9.17) is 0 Å². The monoisotopic (exact) mass is 230 g/mol. The van der Waals surface area contributed by atoms with Gasteiger partial charge in [0.1, 0.15) is 0 Å². The second-order valence-electron chi connectivity index (χ2n) is 4.11. The summed E-state index contributed by atoms with van der Waals surface area (Å²) in [6.07, 6.45) is 2.95. The van der Waals surface area contributed by atoms with E-state index in [0.29, 0.717) is 6.42 Å². The summed E-state index contributed by atoms with van der Waals surface area (Å²) in [5, 5.41) is 0. The topological polar surface area (TPSA) is 57.2 Å². The smallest absolute Gasteiger partial charge is 0.748 e. The molecule has 1 fully saturated rings. The Balaban J connectivity index is 0.00000169.